The number of anilines is 1. The molecule has 1 aliphatic rings. The van der Waals surface area contributed by atoms with E-state index in [0.29, 0.717) is 26.4 Å². The Morgan fingerprint density at radius 3 is 2.94 bits per heavy atom. The number of carbonyl (C=O) groups excluding carboxylic acids is 1. The van der Waals surface area contributed by atoms with Gasteiger partial charge in [-0.25, -0.2) is 0 Å². The van der Waals surface area contributed by atoms with E-state index in [9.17, 15) is 4.79 Å². The number of benzene rings is 1. The number of rotatable bonds is 4. The molecule has 1 fully saturated rings. The number of amides is 1. The lowest BCUT2D eigenvalue weighted by molar-refractivity contribution is -0.142. The van der Waals surface area contributed by atoms with Gasteiger partial charge in [0.05, 0.1) is 19.8 Å². The first kappa shape index (κ1) is 13.0. The molecular formula is C13H18N2O3. The van der Waals surface area contributed by atoms with Gasteiger partial charge in [-0.3, -0.25) is 4.79 Å². The third-order valence-corrected chi connectivity index (χ3v) is 2.75. The van der Waals surface area contributed by atoms with Crippen molar-refractivity contribution in [1.29, 1.82) is 0 Å². The zero-order valence-corrected chi connectivity index (χ0v) is 10.4. The highest BCUT2D eigenvalue weighted by atomic mass is 16.6. The Kier molecular flexibility index (Phi) is 4.69. The monoisotopic (exact) mass is 250 g/mol. The maximum absolute atomic E-state index is 12.0. The zero-order valence-electron chi connectivity index (χ0n) is 10.4. The second kappa shape index (κ2) is 6.49. The van der Waals surface area contributed by atoms with Crippen LogP contribution >= 0.6 is 0 Å². The van der Waals surface area contributed by atoms with Gasteiger partial charge in [-0.05, 0) is 18.7 Å². The third-order valence-electron chi connectivity index (χ3n) is 2.75. The van der Waals surface area contributed by atoms with Crippen molar-refractivity contribution in [3.63, 3.8) is 0 Å². The molecule has 1 amide bonds. The molecule has 1 saturated heterocycles. The molecule has 98 valence electrons. The average Bonchev–Trinajstić information content (AvgIpc) is 2.42. The molecule has 1 aromatic rings. The Bertz CT molecular complexity index is 403. The average molecular weight is 250 g/mol. The van der Waals surface area contributed by atoms with Crippen LogP contribution in [0.5, 0.6) is 0 Å². The van der Waals surface area contributed by atoms with Crippen molar-refractivity contribution >= 4 is 11.6 Å². The molecule has 0 bridgehead atoms. The second-order valence-corrected chi connectivity index (χ2v) is 4.11. The van der Waals surface area contributed by atoms with E-state index < -0.39 is 6.10 Å². The highest BCUT2D eigenvalue weighted by molar-refractivity contribution is 5.95. The summed E-state index contributed by atoms with van der Waals surface area (Å²) in [6, 6.07) is 7.70. The molecule has 1 aliphatic heterocycles. The quantitative estimate of drug-likeness (QED) is 0.828. The van der Waals surface area contributed by atoms with Gasteiger partial charge in [0.25, 0.3) is 5.91 Å². The van der Waals surface area contributed by atoms with Crippen molar-refractivity contribution in [2.24, 2.45) is 0 Å². The van der Waals surface area contributed by atoms with Gasteiger partial charge in [0.1, 0.15) is 0 Å². The highest BCUT2D eigenvalue weighted by Gasteiger charge is 2.23. The summed E-state index contributed by atoms with van der Waals surface area (Å²) in [4.78, 5) is 12.0. The molecule has 0 aromatic heterocycles. The van der Waals surface area contributed by atoms with Gasteiger partial charge in [-0.15, -0.1) is 0 Å². The minimum atomic E-state index is -0.513. The molecule has 5 nitrogen and oxygen atoms in total. The summed E-state index contributed by atoms with van der Waals surface area (Å²) in [5.74, 6) is -0.154. The van der Waals surface area contributed by atoms with E-state index in [0.717, 1.165) is 11.3 Å². The van der Waals surface area contributed by atoms with Crippen LogP contribution in [-0.4, -0.2) is 38.9 Å². The van der Waals surface area contributed by atoms with Crippen molar-refractivity contribution in [2.75, 3.05) is 32.2 Å². The van der Waals surface area contributed by atoms with Crippen molar-refractivity contribution in [3.05, 3.63) is 29.8 Å². The molecular weight excluding hydrogens is 232 g/mol. The Hall–Kier alpha value is -1.43. The first-order valence-electron chi connectivity index (χ1n) is 6.04. The molecule has 0 aliphatic carbocycles. The SMILES string of the molecule is CNCc1ccccc1NC(=O)C1COCCO1. The van der Waals surface area contributed by atoms with Crippen molar-refractivity contribution in [3.8, 4) is 0 Å². The van der Waals surface area contributed by atoms with Crippen LogP contribution in [0.15, 0.2) is 24.3 Å². The summed E-state index contributed by atoms with van der Waals surface area (Å²) in [5, 5.41) is 5.95. The lowest BCUT2D eigenvalue weighted by Gasteiger charge is -2.22. The molecule has 1 unspecified atom stereocenters. The number of hydrogen-bond donors (Lipinski definition) is 2. The van der Waals surface area contributed by atoms with Gasteiger partial charge in [0.15, 0.2) is 6.10 Å². The van der Waals surface area contributed by atoms with Crippen molar-refractivity contribution in [1.82, 2.24) is 5.32 Å². The van der Waals surface area contributed by atoms with Crippen LogP contribution in [0.25, 0.3) is 0 Å². The molecule has 2 rings (SSSR count). The molecule has 18 heavy (non-hydrogen) atoms. The molecule has 0 saturated carbocycles. The fraction of sp³-hybridized carbons (Fsp3) is 0.462. The molecule has 1 heterocycles. The van der Waals surface area contributed by atoms with E-state index in [1.54, 1.807) is 0 Å². The maximum atomic E-state index is 12.0. The van der Waals surface area contributed by atoms with Gasteiger partial charge in [-0.1, -0.05) is 18.2 Å². The first-order valence-corrected chi connectivity index (χ1v) is 6.04. The van der Waals surface area contributed by atoms with Gasteiger partial charge >= 0.3 is 0 Å². The topological polar surface area (TPSA) is 59.6 Å². The number of nitrogens with one attached hydrogen (secondary N) is 2. The number of ether oxygens (including phenoxy) is 2. The van der Waals surface area contributed by atoms with E-state index >= 15 is 0 Å². The molecule has 0 radical (unpaired) electrons. The van der Waals surface area contributed by atoms with Crippen LogP contribution < -0.4 is 10.6 Å². The fourth-order valence-corrected chi connectivity index (χ4v) is 1.84. The van der Waals surface area contributed by atoms with Gasteiger partial charge in [0, 0.05) is 12.2 Å². The highest BCUT2D eigenvalue weighted by Crippen LogP contribution is 2.15. The van der Waals surface area contributed by atoms with Crippen molar-refractivity contribution in [2.45, 2.75) is 12.6 Å². The van der Waals surface area contributed by atoms with Gasteiger partial charge in [-0.2, -0.15) is 0 Å². The van der Waals surface area contributed by atoms with E-state index in [1.165, 1.54) is 0 Å². The van der Waals surface area contributed by atoms with Crippen LogP contribution in [0, 0.1) is 0 Å². The largest absolute Gasteiger partial charge is 0.376 e. The minimum Gasteiger partial charge on any atom is -0.376 e. The summed E-state index contributed by atoms with van der Waals surface area (Å²) >= 11 is 0. The number of carbonyl (C=O) groups is 1. The van der Waals surface area contributed by atoms with E-state index in [1.807, 2.05) is 31.3 Å². The predicted octanol–water partition coefficient (Wildman–Crippen LogP) is 0.760. The van der Waals surface area contributed by atoms with Crippen LogP contribution in [0.4, 0.5) is 5.69 Å². The van der Waals surface area contributed by atoms with E-state index in [2.05, 4.69) is 10.6 Å². The first-order chi connectivity index (χ1) is 8.81. The molecule has 1 atom stereocenters. The Labute approximate surface area is 106 Å². The van der Waals surface area contributed by atoms with Gasteiger partial charge in [0.2, 0.25) is 0 Å². The summed E-state index contributed by atoms with van der Waals surface area (Å²) in [6.07, 6.45) is -0.513. The van der Waals surface area contributed by atoms with Crippen molar-refractivity contribution < 1.29 is 14.3 Å². The second-order valence-electron chi connectivity index (χ2n) is 4.11. The van der Waals surface area contributed by atoms with E-state index in [4.69, 9.17) is 9.47 Å². The van der Waals surface area contributed by atoms with Crippen LogP contribution in [0.3, 0.4) is 0 Å². The van der Waals surface area contributed by atoms with Crippen LogP contribution in [0.2, 0.25) is 0 Å². The van der Waals surface area contributed by atoms with Gasteiger partial charge < -0.3 is 20.1 Å². The zero-order chi connectivity index (χ0) is 12.8. The summed E-state index contributed by atoms with van der Waals surface area (Å²) in [5.41, 5.74) is 1.86. The van der Waals surface area contributed by atoms with E-state index in [-0.39, 0.29) is 5.91 Å². The predicted molar refractivity (Wildman–Crippen MR) is 68.4 cm³/mol. The Balaban J connectivity index is 2.01. The summed E-state index contributed by atoms with van der Waals surface area (Å²) < 4.78 is 10.6. The number of hydrogen-bond acceptors (Lipinski definition) is 4. The third kappa shape index (κ3) is 3.29. The number of para-hydroxylation sites is 1. The molecule has 1 aromatic carbocycles. The Morgan fingerprint density at radius 1 is 1.39 bits per heavy atom. The molecule has 2 N–H and O–H groups in total. The summed E-state index contributed by atoms with van der Waals surface area (Å²) in [7, 11) is 1.87. The maximum Gasteiger partial charge on any atom is 0.255 e. The standard InChI is InChI=1S/C13H18N2O3/c1-14-8-10-4-2-3-5-11(10)15-13(16)12-9-17-6-7-18-12/h2-5,12,14H,6-9H2,1H3,(H,15,16). The smallest absolute Gasteiger partial charge is 0.255 e. The molecule has 5 heteroatoms. The van der Waals surface area contributed by atoms with Crippen LogP contribution in [0.1, 0.15) is 5.56 Å². The lowest BCUT2D eigenvalue weighted by atomic mass is 10.1. The summed E-state index contributed by atoms with van der Waals surface area (Å²) in [6.45, 7) is 2.05. The Morgan fingerprint density at radius 2 is 2.22 bits per heavy atom. The van der Waals surface area contributed by atoms with Crippen LogP contribution in [-0.2, 0) is 20.8 Å². The fourth-order valence-electron chi connectivity index (χ4n) is 1.84. The normalized spacial score (nSPS) is 19.5. The molecule has 0 spiro atoms. The minimum absolute atomic E-state index is 0.154. The lowest BCUT2D eigenvalue weighted by Crippen LogP contribution is -2.39.